The molecule has 112 valence electrons. The lowest BCUT2D eigenvalue weighted by Gasteiger charge is -2.08. The van der Waals surface area contributed by atoms with Crippen LogP contribution >= 0.6 is 11.8 Å². The molecule has 1 N–H and O–H groups in total. The first-order chi connectivity index (χ1) is 10.1. The van der Waals surface area contributed by atoms with E-state index in [-0.39, 0.29) is 24.5 Å². The highest BCUT2D eigenvalue weighted by molar-refractivity contribution is 8.14. The van der Waals surface area contributed by atoms with Crippen molar-refractivity contribution >= 4 is 28.6 Å². The first-order valence-corrected chi connectivity index (χ1v) is 7.73. The van der Waals surface area contributed by atoms with Crippen LogP contribution in [0.1, 0.15) is 28.8 Å². The summed E-state index contributed by atoms with van der Waals surface area (Å²) in [4.78, 5) is 28.1. The molecule has 1 aliphatic heterocycles. The number of nitrogens with one attached hydrogen (secondary N) is 1. The molecule has 0 aromatic heterocycles. The molecule has 0 bridgehead atoms. The van der Waals surface area contributed by atoms with Crippen LogP contribution in [0.5, 0.6) is 5.75 Å². The van der Waals surface area contributed by atoms with E-state index in [0.29, 0.717) is 16.5 Å². The van der Waals surface area contributed by atoms with Gasteiger partial charge >= 0.3 is 0 Å². The van der Waals surface area contributed by atoms with Crippen molar-refractivity contribution in [1.82, 2.24) is 5.32 Å². The number of methoxy groups -OCH3 is 1. The Morgan fingerprint density at radius 3 is 2.86 bits per heavy atom. The zero-order valence-corrected chi connectivity index (χ0v) is 13.0. The largest absolute Gasteiger partial charge is 0.496 e. The predicted octanol–water partition coefficient (Wildman–Crippen LogP) is 2.19. The summed E-state index contributed by atoms with van der Waals surface area (Å²) in [5.74, 6) is 1.17. The minimum atomic E-state index is -0.178. The lowest BCUT2D eigenvalue weighted by Crippen LogP contribution is -2.27. The second-order valence-corrected chi connectivity index (χ2v) is 5.79. The molecule has 0 saturated carbocycles. The maximum Gasteiger partial charge on any atom is 0.226 e. The van der Waals surface area contributed by atoms with Gasteiger partial charge in [0.15, 0.2) is 11.0 Å². The number of Topliss-reactive ketones (excluding diaryl/α,β-unsaturated/α-hetero) is 1. The van der Waals surface area contributed by atoms with E-state index in [0.717, 1.165) is 17.9 Å². The molecule has 1 aromatic carbocycles. The fraction of sp³-hybridized carbons (Fsp3) is 0.400. The highest BCUT2D eigenvalue weighted by Crippen LogP contribution is 2.21. The normalized spacial score (nSPS) is 13.7. The number of carbonyl (C=O) groups excluding carboxylic acids is 2. The number of carbonyl (C=O) groups is 2. The number of nitrogens with zero attached hydrogens (tertiary/aromatic N) is 1. The number of hydrogen-bond donors (Lipinski definition) is 1. The van der Waals surface area contributed by atoms with Crippen LogP contribution in [0.3, 0.4) is 0 Å². The van der Waals surface area contributed by atoms with Gasteiger partial charge in [-0.15, -0.1) is 0 Å². The van der Waals surface area contributed by atoms with Gasteiger partial charge in [0.1, 0.15) is 5.75 Å². The molecule has 0 radical (unpaired) electrons. The Morgan fingerprint density at radius 2 is 2.19 bits per heavy atom. The van der Waals surface area contributed by atoms with Crippen LogP contribution in [-0.4, -0.2) is 36.3 Å². The minimum absolute atomic E-state index is 0.0910. The van der Waals surface area contributed by atoms with Gasteiger partial charge in [0.05, 0.1) is 19.2 Å². The molecule has 1 heterocycles. The third kappa shape index (κ3) is 4.32. The predicted molar refractivity (Wildman–Crippen MR) is 84.2 cm³/mol. The lowest BCUT2D eigenvalue weighted by atomic mass is 10.0. The number of aliphatic imine (C=N–C) groups is 1. The summed E-state index contributed by atoms with van der Waals surface area (Å²) < 4.78 is 5.19. The number of aryl methyl sites for hydroxylation is 1. The van der Waals surface area contributed by atoms with Crippen LogP contribution in [0.25, 0.3) is 0 Å². The number of ether oxygens (including phenoxy) is 1. The summed E-state index contributed by atoms with van der Waals surface area (Å²) in [5.41, 5.74) is 1.51. The van der Waals surface area contributed by atoms with Gasteiger partial charge in [0, 0.05) is 18.6 Å². The second-order valence-electron chi connectivity index (χ2n) is 4.71. The van der Waals surface area contributed by atoms with Gasteiger partial charge in [0.25, 0.3) is 0 Å². The van der Waals surface area contributed by atoms with Crippen molar-refractivity contribution in [2.24, 2.45) is 4.99 Å². The molecule has 5 nitrogen and oxygen atoms in total. The molecule has 21 heavy (non-hydrogen) atoms. The number of benzene rings is 1. The summed E-state index contributed by atoms with van der Waals surface area (Å²) in [6.07, 6.45) is 0.305. The molecule has 0 atom stereocenters. The van der Waals surface area contributed by atoms with Crippen molar-refractivity contribution in [2.45, 2.75) is 19.8 Å². The van der Waals surface area contributed by atoms with Gasteiger partial charge in [-0.2, -0.15) is 0 Å². The lowest BCUT2D eigenvalue weighted by molar-refractivity contribution is -0.119. The molecule has 0 spiro atoms. The van der Waals surface area contributed by atoms with Crippen molar-refractivity contribution in [1.29, 1.82) is 0 Å². The van der Waals surface area contributed by atoms with Gasteiger partial charge in [0.2, 0.25) is 5.91 Å². The molecule has 0 aliphatic carbocycles. The van der Waals surface area contributed by atoms with E-state index in [1.807, 2.05) is 13.0 Å². The topological polar surface area (TPSA) is 67.8 Å². The number of ketones is 1. The standard InChI is InChI=1S/C15H18N2O3S/c1-10-3-5-13(20-2)11(9-10)12(18)4-6-14(19)17-15-16-7-8-21-15/h3,5,9H,4,6-8H2,1-2H3,(H,16,17,19). The van der Waals surface area contributed by atoms with E-state index in [4.69, 9.17) is 4.74 Å². The molecule has 1 aromatic rings. The van der Waals surface area contributed by atoms with Crippen LogP contribution in [0.2, 0.25) is 0 Å². The number of hydrogen-bond acceptors (Lipinski definition) is 5. The average molecular weight is 306 g/mol. The van der Waals surface area contributed by atoms with Crippen LogP contribution in [0.4, 0.5) is 0 Å². The Labute approximate surface area is 128 Å². The zero-order valence-electron chi connectivity index (χ0n) is 12.1. The molecule has 0 fully saturated rings. The van der Waals surface area contributed by atoms with Gasteiger partial charge in [-0.25, -0.2) is 0 Å². The van der Waals surface area contributed by atoms with Gasteiger partial charge in [-0.1, -0.05) is 23.4 Å². The maximum absolute atomic E-state index is 12.2. The van der Waals surface area contributed by atoms with Gasteiger partial charge in [-0.3, -0.25) is 14.6 Å². The van der Waals surface area contributed by atoms with Crippen LogP contribution in [0, 0.1) is 6.92 Å². The van der Waals surface area contributed by atoms with Crippen molar-refractivity contribution in [2.75, 3.05) is 19.4 Å². The molecule has 0 unspecified atom stereocenters. The monoisotopic (exact) mass is 306 g/mol. The quantitative estimate of drug-likeness (QED) is 0.847. The second kappa shape index (κ2) is 7.26. The van der Waals surface area contributed by atoms with Crippen molar-refractivity contribution in [3.8, 4) is 5.75 Å². The fourth-order valence-corrected chi connectivity index (χ4v) is 2.74. The van der Waals surface area contributed by atoms with E-state index >= 15 is 0 Å². The Balaban J connectivity index is 1.92. The van der Waals surface area contributed by atoms with Crippen LogP contribution in [0.15, 0.2) is 23.2 Å². The summed E-state index contributed by atoms with van der Waals surface area (Å²) in [5, 5.41) is 3.37. The summed E-state index contributed by atoms with van der Waals surface area (Å²) in [7, 11) is 1.53. The Bertz CT molecular complexity index is 584. The number of amidine groups is 1. The Kier molecular flexibility index (Phi) is 5.38. The summed E-state index contributed by atoms with van der Waals surface area (Å²) in [6, 6.07) is 5.44. The average Bonchev–Trinajstić information content (AvgIpc) is 2.97. The molecule has 0 saturated heterocycles. The number of thioether (sulfide) groups is 1. The molecule has 1 amide bonds. The van der Waals surface area contributed by atoms with E-state index in [2.05, 4.69) is 10.3 Å². The van der Waals surface area contributed by atoms with Crippen LogP contribution in [-0.2, 0) is 4.79 Å². The van der Waals surface area contributed by atoms with Crippen molar-refractivity contribution in [3.05, 3.63) is 29.3 Å². The SMILES string of the molecule is COc1ccc(C)cc1C(=O)CCC(=O)NC1=NCCS1. The Hall–Kier alpha value is -1.82. The zero-order chi connectivity index (χ0) is 15.2. The minimum Gasteiger partial charge on any atom is -0.496 e. The first kappa shape index (κ1) is 15.6. The molecule has 1 aliphatic rings. The van der Waals surface area contributed by atoms with E-state index in [9.17, 15) is 9.59 Å². The van der Waals surface area contributed by atoms with E-state index in [1.54, 1.807) is 12.1 Å². The first-order valence-electron chi connectivity index (χ1n) is 6.75. The van der Waals surface area contributed by atoms with E-state index < -0.39 is 0 Å². The fourth-order valence-electron chi connectivity index (χ4n) is 1.99. The molecule has 2 rings (SSSR count). The van der Waals surface area contributed by atoms with Gasteiger partial charge < -0.3 is 10.1 Å². The third-order valence-corrected chi connectivity index (χ3v) is 3.96. The van der Waals surface area contributed by atoms with Gasteiger partial charge in [-0.05, 0) is 19.1 Å². The molecular formula is C15H18N2O3S. The maximum atomic E-state index is 12.2. The summed E-state index contributed by atoms with van der Waals surface area (Å²) >= 11 is 1.52. The number of rotatable bonds is 5. The van der Waals surface area contributed by atoms with Crippen molar-refractivity contribution < 1.29 is 14.3 Å². The molecule has 6 heteroatoms. The number of amides is 1. The smallest absolute Gasteiger partial charge is 0.226 e. The van der Waals surface area contributed by atoms with Crippen LogP contribution < -0.4 is 10.1 Å². The highest BCUT2D eigenvalue weighted by atomic mass is 32.2. The van der Waals surface area contributed by atoms with E-state index in [1.165, 1.54) is 18.9 Å². The molecular weight excluding hydrogens is 288 g/mol. The highest BCUT2D eigenvalue weighted by Gasteiger charge is 2.16. The Morgan fingerprint density at radius 1 is 1.38 bits per heavy atom. The van der Waals surface area contributed by atoms with Crippen molar-refractivity contribution in [3.63, 3.8) is 0 Å². The third-order valence-electron chi connectivity index (χ3n) is 3.07. The summed E-state index contributed by atoms with van der Waals surface area (Å²) in [6.45, 7) is 2.65.